The summed E-state index contributed by atoms with van der Waals surface area (Å²) < 4.78 is 5.63. The molecule has 3 rings (SSSR count). The van der Waals surface area contributed by atoms with Crippen LogP contribution in [-0.2, 0) is 6.42 Å². The van der Waals surface area contributed by atoms with Gasteiger partial charge in [0.2, 0.25) is 0 Å². The molecule has 2 aromatic rings. The van der Waals surface area contributed by atoms with E-state index in [9.17, 15) is 5.11 Å². The monoisotopic (exact) mass is 230 g/mol. The lowest BCUT2D eigenvalue weighted by Gasteiger charge is -2.25. The van der Waals surface area contributed by atoms with Gasteiger partial charge in [-0.1, -0.05) is 6.92 Å². The summed E-state index contributed by atoms with van der Waals surface area (Å²) in [5.74, 6) is 1.79. The summed E-state index contributed by atoms with van der Waals surface area (Å²) in [6, 6.07) is 2.03. The van der Waals surface area contributed by atoms with Gasteiger partial charge >= 0.3 is 0 Å². The van der Waals surface area contributed by atoms with Crippen molar-refractivity contribution in [2.24, 2.45) is 0 Å². The molecule has 2 heteroatoms. The fourth-order valence-corrected chi connectivity index (χ4v) is 3.25. The molecule has 1 aliphatic rings. The van der Waals surface area contributed by atoms with Gasteiger partial charge < -0.3 is 9.52 Å². The van der Waals surface area contributed by atoms with E-state index in [-0.39, 0.29) is 0 Å². The minimum absolute atomic E-state index is 0.375. The van der Waals surface area contributed by atoms with Gasteiger partial charge in [-0.25, -0.2) is 0 Å². The Labute approximate surface area is 101 Å². The van der Waals surface area contributed by atoms with Gasteiger partial charge in [-0.15, -0.1) is 0 Å². The lowest BCUT2D eigenvalue weighted by Crippen LogP contribution is -2.09. The van der Waals surface area contributed by atoms with Crippen LogP contribution in [0.1, 0.15) is 48.1 Å². The molecule has 0 bridgehead atoms. The highest BCUT2D eigenvalue weighted by atomic mass is 16.4. The summed E-state index contributed by atoms with van der Waals surface area (Å²) in [6.07, 6.45) is 3.35. The second-order valence-corrected chi connectivity index (χ2v) is 5.26. The van der Waals surface area contributed by atoms with Crippen molar-refractivity contribution in [1.82, 2.24) is 0 Å². The number of fused-ring (bicyclic) bond motifs is 2. The number of aryl methyl sites for hydroxylation is 2. The van der Waals surface area contributed by atoms with E-state index >= 15 is 0 Å². The second-order valence-electron chi connectivity index (χ2n) is 5.26. The summed E-state index contributed by atoms with van der Waals surface area (Å²) >= 11 is 0. The second kappa shape index (κ2) is 3.52. The van der Waals surface area contributed by atoms with E-state index in [1.807, 2.05) is 13.0 Å². The quantitative estimate of drug-likeness (QED) is 0.736. The predicted octanol–water partition coefficient (Wildman–Crippen LogP) is 4.20. The van der Waals surface area contributed by atoms with Crippen molar-refractivity contribution in [2.75, 3.05) is 0 Å². The molecule has 0 spiro atoms. The highest BCUT2D eigenvalue weighted by molar-refractivity contribution is 5.89. The average Bonchev–Trinajstić information content (AvgIpc) is 2.68. The third-order valence-corrected chi connectivity index (χ3v) is 4.05. The topological polar surface area (TPSA) is 33.4 Å². The Kier molecular flexibility index (Phi) is 2.22. The van der Waals surface area contributed by atoms with E-state index in [0.29, 0.717) is 17.3 Å². The first-order valence-corrected chi connectivity index (χ1v) is 6.34. The number of hydrogen-bond donors (Lipinski definition) is 1. The molecule has 0 fully saturated rings. The Hall–Kier alpha value is -1.44. The van der Waals surface area contributed by atoms with Gasteiger partial charge in [0, 0.05) is 10.9 Å². The zero-order valence-corrected chi connectivity index (χ0v) is 10.6. The van der Waals surface area contributed by atoms with E-state index in [0.717, 1.165) is 29.6 Å². The smallest absolute Gasteiger partial charge is 0.176 e. The molecule has 2 nitrogen and oxygen atoms in total. The number of phenols is 1. The average molecular weight is 230 g/mol. The van der Waals surface area contributed by atoms with Crippen LogP contribution in [0.4, 0.5) is 0 Å². The molecule has 0 saturated carbocycles. The van der Waals surface area contributed by atoms with Crippen molar-refractivity contribution in [3.05, 3.63) is 28.5 Å². The van der Waals surface area contributed by atoms with Crippen LogP contribution in [0.15, 0.2) is 10.5 Å². The number of benzene rings is 1. The molecule has 1 aliphatic carbocycles. The lowest BCUT2D eigenvalue weighted by atomic mass is 9.80. The van der Waals surface area contributed by atoms with Crippen LogP contribution in [0.2, 0.25) is 0 Å². The summed E-state index contributed by atoms with van der Waals surface area (Å²) in [7, 11) is 0. The minimum Gasteiger partial charge on any atom is -0.504 e. The molecule has 0 unspecified atom stereocenters. The van der Waals surface area contributed by atoms with Crippen LogP contribution in [0.3, 0.4) is 0 Å². The Bertz CT molecular complexity index is 593. The van der Waals surface area contributed by atoms with Gasteiger partial charge in [-0.3, -0.25) is 0 Å². The summed E-state index contributed by atoms with van der Waals surface area (Å²) in [4.78, 5) is 0. The van der Waals surface area contributed by atoms with Crippen LogP contribution < -0.4 is 0 Å². The van der Waals surface area contributed by atoms with E-state index in [4.69, 9.17) is 4.42 Å². The van der Waals surface area contributed by atoms with Crippen molar-refractivity contribution in [1.29, 1.82) is 0 Å². The number of phenolic OH excluding ortho intramolecular Hbond substituents is 1. The zero-order chi connectivity index (χ0) is 12.2. The van der Waals surface area contributed by atoms with Crippen molar-refractivity contribution in [3.8, 4) is 5.75 Å². The van der Waals surface area contributed by atoms with Gasteiger partial charge in [0.25, 0.3) is 0 Å². The maximum absolute atomic E-state index is 10.4. The third-order valence-electron chi connectivity index (χ3n) is 4.05. The summed E-state index contributed by atoms with van der Waals surface area (Å²) in [5.41, 5.74) is 4.43. The van der Waals surface area contributed by atoms with Crippen LogP contribution in [-0.4, -0.2) is 5.11 Å². The molecule has 1 aromatic heterocycles. The summed E-state index contributed by atoms with van der Waals surface area (Å²) in [5, 5.41) is 11.4. The molecule has 1 N–H and O–H groups in total. The number of hydrogen-bond acceptors (Lipinski definition) is 2. The highest BCUT2D eigenvalue weighted by Crippen LogP contribution is 2.44. The van der Waals surface area contributed by atoms with Crippen LogP contribution >= 0.6 is 0 Å². The van der Waals surface area contributed by atoms with Crippen LogP contribution in [0, 0.1) is 13.8 Å². The highest BCUT2D eigenvalue weighted by Gasteiger charge is 2.25. The van der Waals surface area contributed by atoms with Crippen molar-refractivity contribution in [2.45, 2.75) is 46.0 Å². The van der Waals surface area contributed by atoms with Crippen LogP contribution in [0.5, 0.6) is 5.75 Å². The molecular weight excluding hydrogens is 212 g/mol. The maximum Gasteiger partial charge on any atom is 0.176 e. The van der Waals surface area contributed by atoms with Crippen molar-refractivity contribution in [3.63, 3.8) is 0 Å². The molecule has 17 heavy (non-hydrogen) atoms. The Morgan fingerprint density at radius 2 is 2.12 bits per heavy atom. The molecule has 1 atom stereocenters. The Balaban J connectivity index is 2.43. The molecule has 90 valence electrons. The predicted molar refractivity (Wildman–Crippen MR) is 68.7 cm³/mol. The molecule has 0 radical (unpaired) electrons. The van der Waals surface area contributed by atoms with Crippen molar-refractivity contribution >= 4 is 11.0 Å². The molecule has 0 amide bonds. The van der Waals surface area contributed by atoms with Gasteiger partial charge in [-0.05, 0) is 56.2 Å². The molecule has 1 heterocycles. The van der Waals surface area contributed by atoms with Gasteiger partial charge in [0.05, 0.1) is 0 Å². The fraction of sp³-hybridized carbons (Fsp3) is 0.467. The zero-order valence-electron chi connectivity index (χ0n) is 10.6. The first kappa shape index (κ1) is 10.7. The molecule has 0 saturated heterocycles. The summed E-state index contributed by atoms with van der Waals surface area (Å²) in [6.45, 7) is 6.34. The third kappa shape index (κ3) is 1.40. The molecule has 1 aromatic carbocycles. The number of aromatic hydroxyl groups is 1. The normalized spacial score (nSPS) is 19.6. The van der Waals surface area contributed by atoms with E-state index < -0.39 is 0 Å². The van der Waals surface area contributed by atoms with Crippen molar-refractivity contribution < 1.29 is 9.52 Å². The number of furan rings is 1. The fourth-order valence-electron chi connectivity index (χ4n) is 3.25. The van der Waals surface area contributed by atoms with E-state index in [2.05, 4.69) is 13.8 Å². The first-order valence-electron chi connectivity index (χ1n) is 6.34. The van der Waals surface area contributed by atoms with E-state index in [1.165, 1.54) is 17.5 Å². The minimum atomic E-state index is 0.375. The van der Waals surface area contributed by atoms with E-state index in [1.54, 1.807) is 0 Å². The molecular formula is C15H18O2. The standard InChI is InChI=1S/C15H18O2/c1-8-5-4-6-11-13(8)10(3)12-7-9(2)17-15(12)14(11)16/h7-8,16H,4-6H2,1-3H3/t8-/m0/s1. The van der Waals surface area contributed by atoms with Gasteiger partial charge in [0.1, 0.15) is 5.76 Å². The largest absolute Gasteiger partial charge is 0.504 e. The molecule has 0 aliphatic heterocycles. The van der Waals surface area contributed by atoms with Gasteiger partial charge in [0.15, 0.2) is 11.3 Å². The number of rotatable bonds is 0. The Morgan fingerprint density at radius 1 is 1.35 bits per heavy atom. The van der Waals surface area contributed by atoms with Crippen LogP contribution in [0.25, 0.3) is 11.0 Å². The lowest BCUT2D eigenvalue weighted by molar-refractivity contribution is 0.445. The Morgan fingerprint density at radius 3 is 2.88 bits per heavy atom. The first-order chi connectivity index (χ1) is 8.09. The SMILES string of the molecule is Cc1cc2c(C)c3c(c(O)c2o1)CCC[C@@H]3C. The van der Waals surface area contributed by atoms with Gasteiger partial charge in [-0.2, -0.15) is 0 Å². The maximum atomic E-state index is 10.4.